The Balaban J connectivity index is 1.64. The van der Waals surface area contributed by atoms with E-state index in [-0.39, 0.29) is 12.3 Å². The molecule has 0 saturated heterocycles. The van der Waals surface area contributed by atoms with Crippen LogP contribution in [-0.2, 0) is 4.79 Å². The Morgan fingerprint density at radius 3 is 2.07 bits per heavy atom. The van der Waals surface area contributed by atoms with E-state index in [1.165, 1.54) is 77.0 Å². The van der Waals surface area contributed by atoms with Gasteiger partial charge >= 0.3 is 5.97 Å². The van der Waals surface area contributed by atoms with Gasteiger partial charge in [-0.2, -0.15) is 5.26 Å². The summed E-state index contributed by atoms with van der Waals surface area (Å²) in [5.74, 6) is 1.77. The van der Waals surface area contributed by atoms with Gasteiger partial charge in [0.15, 0.2) is 0 Å². The lowest BCUT2D eigenvalue weighted by Gasteiger charge is -2.43. The van der Waals surface area contributed by atoms with Crippen molar-refractivity contribution in [2.75, 3.05) is 0 Å². The van der Waals surface area contributed by atoms with Crippen LogP contribution in [0.4, 0.5) is 0 Å². The third-order valence-corrected chi connectivity index (χ3v) is 8.34. The van der Waals surface area contributed by atoms with Crippen LogP contribution in [0, 0.1) is 40.4 Å². The van der Waals surface area contributed by atoms with E-state index in [9.17, 15) is 10.1 Å². The van der Waals surface area contributed by atoms with Gasteiger partial charge in [0.05, 0.1) is 11.5 Å². The second kappa shape index (κ2) is 12.6. The van der Waals surface area contributed by atoms with Crippen molar-refractivity contribution in [3.05, 3.63) is 0 Å². The van der Waals surface area contributed by atoms with Crippen molar-refractivity contribution < 1.29 is 9.90 Å². The summed E-state index contributed by atoms with van der Waals surface area (Å²) in [4.78, 5) is 11.1. The highest BCUT2D eigenvalue weighted by atomic mass is 16.4. The minimum Gasteiger partial charge on any atom is -0.481 e. The van der Waals surface area contributed by atoms with E-state index in [2.05, 4.69) is 13.0 Å². The first kappa shape index (κ1) is 24.2. The minimum absolute atomic E-state index is 0.0383. The SMILES string of the molecule is CCCCCCCCCC1CCC([C@H]2CC[C@](C#N)([C@H](C)CC(=O)O)CC2)CC1. The summed E-state index contributed by atoms with van der Waals surface area (Å²) < 4.78 is 0. The molecule has 166 valence electrons. The molecule has 0 unspecified atom stereocenters. The molecule has 0 radical (unpaired) electrons. The number of nitriles is 1. The fraction of sp³-hybridized carbons (Fsp3) is 0.923. The highest BCUT2D eigenvalue weighted by Gasteiger charge is 2.42. The predicted molar refractivity (Wildman–Crippen MR) is 119 cm³/mol. The van der Waals surface area contributed by atoms with Crippen molar-refractivity contribution in [2.45, 2.75) is 123 Å². The van der Waals surface area contributed by atoms with Crippen molar-refractivity contribution in [1.82, 2.24) is 0 Å². The van der Waals surface area contributed by atoms with E-state index < -0.39 is 11.4 Å². The van der Waals surface area contributed by atoms with Gasteiger partial charge in [-0.05, 0) is 62.2 Å². The van der Waals surface area contributed by atoms with Crippen LogP contribution in [-0.4, -0.2) is 11.1 Å². The van der Waals surface area contributed by atoms with E-state index in [1.807, 2.05) is 6.92 Å². The number of rotatable bonds is 12. The number of unbranched alkanes of at least 4 members (excludes halogenated alkanes) is 6. The first-order valence-electron chi connectivity index (χ1n) is 12.6. The van der Waals surface area contributed by atoms with E-state index in [4.69, 9.17) is 5.11 Å². The standard InChI is InChI=1S/C26H45NO2/c1-3-4-5-6-7-8-9-10-22-11-13-23(14-12-22)24-15-17-26(20-27,18-16-24)21(2)19-25(28)29/h21-24H,3-19H2,1-2H3,(H,28,29)/t21-,22?,23?,24-,26-/m1/s1. The lowest BCUT2D eigenvalue weighted by atomic mass is 9.60. The Bertz CT molecular complexity index is 507. The highest BCUT2D eigenvalue weighted by molar-refractivity contribution is 5.67. The molecule has 0 amide bonds. The predicted octanol–water partition coefficient (Wildman–Crippen LogP) is 7.74. The molecule has 2 saturated carbocycles. The lowest BCUT2D eigenvalue weighted by Crippen LogP contribution is -2.36. The number of hydrogen-bond acceptors (Lipinski definition) is 2. The number of carboxylic acid groups (broad SMARTS) is 1. The van der Waals surface area contributed by atoms with Crippen LogP contribution in [0.25, 0.3) is 0 Å². The smallest absolute Gasteiger partial charge is 0.303 e. The lowest BCUT2D eigenvalue weighted by molar-refractivity contribution is -0.139. The van der Waals surface area contributed by atoms with Crippen LogP contribution in [0.3, 0.4) is 0 Å². The van der Waals surface area contributed by atoms with Crippen molar-refractivity contribution in [2.24, 2.45) is 29.1 Å². The van der Waals surface area contributed by atoms with E-state index in [1.54, 1.807) is 0 Å². The summed E-state index contributed by atoms with van der Waals surface area (Å²) in [6, 6.07) is 2.53. The molecular weight excluding hydrogens is 358 g/mol. The molecule has 3 heteroatoms. The Kier molecular flexibility index (Phi) is 10.5. The Labute approximate surface area is 179 Å². The van der Waals surface area contributed by atoms with Crippen LogP contribution >= 0.6 is 0 Å². The van der Waals surface area contributed by atoms with Gasteiger partial charge in [0.2, 0.25) is 0 Å². The van der Waals surface area contributed by atoms with Crippen molar-refractivity contribution in [1.29, 1.82) is 5.26 Å². The monoisotopic (exact) mass is 403 g/mol. The van der Waals surface area contributed by atoms with Gasteiger partial charge in [0, 0.05) is 6.42 Å². The van der Waals surface area contributed by atoms with Crippen LogP contribution in [0.2, 0.25) is 0 Å². The second-order valence-electron chi connectivity index (χ2n) is 10.3. The number of carboxylic acids is 1. The molecule has 3 nitrogen and oxygen atoms in total. The summed E-state index contributed by atoms with van der Waals surface area (Å²) in [7, 11) is 0. The molecule has 29 heavy (non-hydrogen) atoms. The molecule has 2 aliphatic rings. The van der Waals surface area contributed by atoms with Gasteiger partial charge in [0.1, 0.15) is 0 Å². The van der Waals surface area contributed by atoms with Gasteiger partial charge in [0.25, 0.3) is 0 Å². The first-order valence-corrected chi connectivity index (χ1v) is 12.6. The fourth-order valence-electron chi connectivity index (χ4n) is 6.14. The molecule has 1 atom stereocenters. The largest absolute Gasteiger partial charge is 0.481 e. The Morgan fingerprint density at radius 1 is 0.966 bits per heavy atom. The van der Waals surface area contributed by atoms with E-state index in [0.717, 1.165) is 43.4 Å². The summed E-state index contributed by atoms with van der Waals surface area (Å²) in [5, 5.41) is 18.9. The average Bonchev–Trinajstić information content (AvgIpc) is 2.73. The molecule has 2 aliphatic carbocycles. The number of aliphatic carboxylic acids is 1. The third kappa shape index (κ3) is 7.62. The average molecular weight is 404 g/mol. The molecule has 0 aromatic carbocycles. The van der Waals surface area contributed by atoms with Crippen LogP contribution < -0.4 is 0 Å². The number of nitrogens with zero attached hydrogens (tertiary/aromatic N) is 1. The third-order valence-electron chi connectivity index (χ3n) is 8.34. The van der Waals surface area contributed by atoms with Gasteiger partial charge < -0.3 is 5.11 Å². The molecule has 0 aliphatic heterocycles. The quantitative estimate of drug-likeness (QED) is 0.339. The summed E-state index contributed by atoms with van der Waals surface area (Å²) >= 11 is 0. The van der Waals surface area contributed by atoms with E-state index in [0.29, 0.717) is 0 Å². The van der Waals surface area contributed by atoms with E-state index >= 15 is 0 Å². The van der Waals surface area contributed by atoms with Crippen LogP contribution in [0.5, 0.6) is 0 Å². The van der Waals surface area contributed by atoms with Crippen molar-refractivity contribution in [3.63, 3.8) is 0 Å². The first-order chi connectivity index (χ1) is 14.0. The number of hydrogen-bond donors (Lipinski definition) is 1. The van der Waals surface area contributed by atoms with Crippen molar-refractivity contribution in [3.8, 4) is 6.07 Å². The van der Waals surface area contributed by atoms with Crippen LogP contribution in [0.1, 0.15) is 123 Å². The van der Waals surface area contributed by atoms with Gasteiger partial charge in [-0.1, -0.05) is 78.1 Å². The zero-order valence-corrected chi connectivity index (χ0v) is 19.1. The summed E-state index contributed by atoms with van der Waals surface area (Å²) in [6.45, 7) is 4.25. The molecule has 2 fully saturated rings. The maximum Gasteiger partial charge on any atom is 0.303 e. The zero-order chi connectivity index (χ0) is 21.1. The second-order valence-corrected chi connectivity index (χ2v) is 10.3. The Morgan fingerprint density at radius 2 is 1.52 bits per heavy atom. The molecule has 0 aromatic heterocycles. The molecule has 0 aromatic rings. The maximum absolute atomic E-state index is 11.1. The fourth-order valence-corrected chi connectivity index (χ4v) is 6.14. The molecule has 0 spiro atoms. The Hall–Kier alpha value is -1.04. The van der Waals surface area contributed by atoms with Gasteiger partial charge in [-0.15, -0.1) is 0 Å². The summed E-state index contributed by atoms with van der Waals surface area (Å²) in [6.07, 6.45) is 21.1. The topological polar surface area (TPSA) is 61.1 Å². The van der Waals surface area contributed by atoms with Gasteiger partial charge in [-0.3, -0.25) is 4.79 Å². The summed E-state index contributed by atoms with van der Waals surface area (Å²) in [5.41, 5.74) is -0.400. The van der Waals surface area contributed by atoms with Crippen LogP contribution in [0.15, 0.2) is 0 Å². The normalized spacial score (nSPS) is 31.1. The zero-order valence-electron chi connectivity index (χ0n) is 19.1. The maximum atomic E-state index is 11.1. The molecular formula is C26H45NO2. The molecule has 0 heterocycles. The highest BCUT2D eigenvalue weighted by Crippen LogP contribution is 2.49. The molecule has 2 rings (SSSR count). The van der Waals surface area contributed by atoms with Crippen molar-refractivity contribution >= 4 is 5.97 Å². The van der Waals surface area contributed by atoms with Gasteiger partial charge in [-0.25, -0.2) is 0 Å². The number of carbonyl (C=O) groups is 1. The molecule has 1 N–H and O–H groups in total. The minimum atomic E-state index is -0.770. The molecule has 0 bridgehead atoms.